The largest absolute Gasteiger partial charge is 0.497 e. The molecule has 1 aromatic carbocycles. The first-order valence-corrected chi connectivity index (χ1v) is 5.03. The fraction of sp³-hybridized carbons (Fsp3) is 0.273. The van der Waals surface area contributed by atoms with Gasteiger partial charge in [0.25, 0.3) is 0 Å². The Morgan fingerprint density at radius 1 is 1.31 bits per heavy atom. The van der Waals surface area contributed by atoms with Crippen LogP contribution in [0, 0.1) is 0 Å². The third-order valence-electron chi connectivity index (χ3n) is 2.37. The third-order valence-corrected chi connectivity index (χ3v) is 2.37. The van der Waals surface area contributed by atoms with E-state index in [9.17, 15) is 0 Å². The van der Waals surface area contributed by atoms with Crippen LogP contribution in [0.2, 0.25) is 0 Å². The van der Waals surface area contributed by atoms with E-state index in [1.165, 1.54) is 6.33 Å². The number of aromatic nitrogens is 3. The van der Waals surface area contributed by atoms with Gasteiger partial charge in [0.1, 0.15) is 17.9 Å². The average Bonchev–Trinajstić information content (AvgIpc) is 2.77. The molecule has 0 fully saturated rings. The summed E-state index contributed by atoms with van der Waals surface area (Å²) in [7, 11) is 1.65. The second-order valence-corrected chi connectivity index (χ2v) is 3.39. The van der Waals surface area contributed by atoms with Gasteiger partial charge in [-0.15, -0.1) is 0 Å². The Morgan fingerprint density at radius 3 is 2.69 bits per heavy atom. The van der Waals surface area contributed by atoms with Gasteiger partial charge in [-0.05, 0) is 17.7 Å². The summed E-state index contributed by atoms with van der Waals surface area (Å²) < 4.78 is 6.89. The van der Waals surface area contributed by atoms with Crippen molar-refractivity contribution in [1.29, 1.82) is 0 Å². The fourth-order valence-corrected chi connectivity index (χ4v) is 1.48. The predicted octanol–water partition coefficient (Wildman–Crippen LogP) is 0.794. The van der Waals surface area contributed by atoms with E-state index in [2.05, 4.69) is 10.1 Å². The van der Waals surface area contributed by atoms with Crippen molar-refractivity contribution in [2.45, 2.75) is 13.1 Å². The molecule has 5 heteroatoms. The highest BCUT2D eigenvalue weighted by molar-refractivity contribution is 5.27. The molecule has 0 aliphatic heterocycles. The van der Waals surface area contributed by atoms with Crippen LogP contribution in [0.5, 0.6) is 5.75 Å². The highest BCUT2D eigenvalue weighted by Gasteiger charge is 2.02. The normalized spacial score (nSPS) is 10.4. The molecular weight excluding hydrogens is 204 g/mol. The van der Waals surface area contributed by atoms with Crippen molar-refractivity contribution in [3.05, 3.63) is 42.0 Å². The lowest BCUT2D eigenvalue weighted by Crippen LogP contribution is -2.10. The lowest BCUT2D eigenvalue weighted by Gasteiger charge is -2.05. The highest BCUT2D eigenvalue weighted by atomic mass is 16.5. The molecule has 1 aromatic heterocycles. The molecule has 0 saturated carbocycles. The number of nitrogens with zero attached hydrogens (tertiary/aromatic N) is 3. The topological polar surface area (TPSA) is 66.0 Å². The monoisotopic (exact) mass is 218 g/mol. The summed E-state index contributed by atoms with van der Waals surface area (Å²) in [4.78, 5) is 4.07. The molecule has 0 amide bonds. The molecular formula is C11H14N4O. The summed E-state index contributed by atoms with van der Waals surface area (Å²) in [6.07, 6.45) is 1.52. The zero-order valence-corrected chi connectivity index (χ0v) is 9.13. The van der Waals surface area contributed by atoms with Crippen LogP contribution >= 0.6 is 0 Å². The molecule has 2 N–H and O–H groups in total. The number of hydrogen-bond donors (Lipinski definition) is 1. The van der Waals surface area contributed by atoms with Gasteiger partial charge in [-0.2, -0.15) is 5.10 Å². The summed E-state index contributed by atoms with van der Waals surface area (Å²) in [6.45, 7) is 1.08. The van der Waals surface area contributed by atoms with Crippen molar-refractivity contribution in [2.75, 3.05) is 7.11 Å². The van der Waals surface area contributed by atoms with E-state index in [-0.39, 0.29) is 0 Å². The van der Waals surface area contributed by atoms with Gasteiger partial charge >= 0.3 is 0 Å². The van der Waals surface area contributed by atoms with Crippen LogP contribution in [0.15, 0.2) is 30.6 Å². The zero-order chi connectivity index (χ0) is 11.4. The molecule has 5 nitrogen and oxygen atoms in total. The number of ether oxygens (including phenoxy) is 1. The first kappa shape index (κ1) is 10.6. The molecule has 84 valence electrons. The Hall–Kier alpha value is -1.88. The van der Waals surface area contributed by atoms with Crippen LogP contribution in [-0.2, 0) is 13.1 Å². The Bertz CT molecular complexity index is 449. The second-order valence-electron chi connectivity index (χ2n) is 3.39. The van der Waals surface area contributed by atoms with Gasteiger partial charge in [-0.25, -0.2) is 9.67 Å². The minimum atomic E-state index is 0.399. The van der Waals surface area contributed by atoms with Gasteiger partial charge < -0.3 is 10.5 Å². The van der Waals surface area contributed by atoms with E-state index < -0.39 is 0 Å². The molecule has 0 atom stereocenters. The van der Waals surface area contributed by atoms with E-state index in [1.807, 2.05) is 24.3 Å². The fourth-order valence-electron chi connectivity index (χ4n) is 1.48. The van der Waals surface area contributed by atoms with E-state index in [0.717, 1.165) is 17.1 Å². The molecule has 0 aliphatic rings. The van der Waals surface area contributed by atoms with Gasteiger partial charge in [0, 0.05) is 0 Å². The lowest BCUT2D eigenvalue weighted by molar-refractivity contribution is 0.414. The molecule has 2 aromatic rings. The van der Waals surface area contributed by atoms with Crippen LogP contribution in [0.3, 0.4) is 0 Å². The number of nitrogens with two attached hydrogens (primary N) is 1. The van der Waals surface area contributed by atoms with Gasteiger partial charge in [0.15, 0.2) is 0 Å². The molecule has 2 rings (SSSR count). The van der Waals surface area contributed by atoms with Crippen LogP contribution in [-0.4, -0.2) is 21.9 Å². The van der Waals surface area contributed by atoms with E-state index in [4.69, 9.17) is 10.5 Å². The maximum absolute atomic E-state index is 5.55. The minimum absolute atomic E-state index is 0.399. The molecule has 0 saturated heterocycles. The Balaban J connectivity index is 2.14. The van der Waals surface area contributed by atoms with Crippen molar-refractivity contribution < 1.29 is 4.74 Å². The van der Waals surface area contributed by atoms with E-state index in [1.54, 1.807) is 11.8 Å². The third kappa shape index (κ3) is 2.20. The zero-order valence-electron chi connectivity index (χ0n) is 9.13. The van der Waals surface area contributed by atoms with Gasteiger partial charge in [-0.1, -0.05) is 12.1 Å². The van der Waals surface area contributed by atoms with E-state index in [0.29, 0.717) is 13.1 Å². The van der Waals surface area contributed by atoms with E-state index >= 15 is 0 Å². The smallest absolute Gasteiger partial charge is 0.140 e. The Kier molecular flexibility index (Phi) is 3.16. The molecule has 0 spiro atoms. The van der Waals surface area contributed by atoms with Crippen LogP contribution in [0.1, 0.15) is 11.4 Å². The number of rotatable bonds is 4. The van der Waals surface area contributed by atoms with Crippen molar-refractivity contribution >= 4 is 0 Å². The molecule has 1 heterocycles. The number of hydrogen-bond acceptors (Lipinski definition) is 4. The molecule has 0 bridgehead atoms. The van der Waals surface area contributed by atoms with Crippen molar-refractivity contribution in [2.24, 2.45) is 5.73 Å². The summed E-state index contributed by atoms with van der Waals surface area (Å²) in [5.41, 5.74) is 6.69. The Labute approximate surface area is 93.9 Å². The second kappa shape index (κ2) is 4.76. The van der Waals surface area contributed by atoms with Crippen LogP contribution in [0.4, 0.5) is 0 Å². The standard InChI is InChI=1S/C11H14N4O/c1-16-10-4-2-9(3-5-10)7-15-11(6-12)13-8-14-15/h2-5,8H,6-7,12H2,1H3. The highest BCUT2D eigenvalue weighted by Crippen LogP contribution is 2.12. The quantitative estimate of drug-likeness (QED) is 0.824. The molecule has 0 radical (unpaired) electrons. The predicted molar refractivity (Wildman–Crippen MR) is 60.0 cm³/mol. The lowest BCUT2D eigenvalue weighted by atomic mass is 10.2. The van der Waals surface area contributed by atoms with Crippen molar-refractivity contribution in [1.82, 2.24) is 14.8 Å². The summed E-state index contributed by atoms with van der Waals surface area (Å²) >= 11 is 0. The summed E-state index contributed by atoms with van der Waals surface area (Å²) in [5.74, 6) is 1.64. The SMILES string of the molecule is COc1ccc(Cn2ncnc2CN)cc1. The Morgan fingerprint density at radius 2 is 2.06 bits per heavy atom. The van der Waals surface area contributed by atoms with Crippen LogP contribution in [0.25, 0.3) is 0 Å². The number of methoxy groups -OCH3 is 1. The maximum atomic E-state index is 5.55. The van der Waals surface area contributed by atoms with Gasteiger partial charge in [0.05, 0.1) is 20.2 Å². The maximum Gasteiger partial charge on any atom is 0.140 e. The summed E-state index contributed by atoms with van der Waals surface area (Å²) in [5, 5.41) is 4.12. The van der Waals surface area contributed by atoms with Crippen LogP contribution < -0.4 is 10.5 Å². The van der Waals surface area contributed by atoms with Gasteiger partial charge in [0.2, 0.25) is 0 Å². The molecule has 16 heavy (non-hydrogen) atoms. The number of benzene rings is 1. The summed E-state index contributed by atoms with van der Waals surface area (Å²) in [6, 6.07) is 7.85. The first-order chi connectivity index (χ1) is 7.83. The van der Waals surface area contributed by atoms with Gasteiger partial charge in [-0.3, -0.25) is 0 Å². The first-order valence-electron chi connectivity index (χ1n) is 5.03. The average molecular weight is 218 g/mol. The van der Waals surface area contributed by atoms with Crippen molar-refractivity contribution in [3.63, 3.8) is 0 Å². The molecule has 0 unspecified atom stereocenters. The van der Waals surface area contributed by atoms with Crippen molar-refractivity contribution in [3.8, 4) is 5.75 Å². The minimum Gasteiger partial charge on any atom is -0.497 e. The molecule has 0 aliphatic carbocycles.